The first-order valence-corrected chi connectivity index (χ1v) is 5.61. The molecular weight excluding hydrogens is 230 g/mol. The van der Waals surface area contributed by atoms with E-state index in [2.05, 4.69) is 0 Å². The molecule has 0 N–H and O–H groups in total. The van der Waals surface area contributed by atoms with Crippen LogP contribution in [0.3, 0.4) is 0 Å². The third kappa shape index (κ3) is 2.17. The normalized spacial score (nSPS) is 10.4. The number of halogens is 2. The Bertz CT molecular complexity index is 485. The summed E-state index contributed by atoms with van der Waals surface area (Å²) in [6.07, 6.45) is -0.241. The summed E-state index contributed by atoms with van der Waals surface area (Å²) in [5.41, 5.74) is 0.325. The van der Waals surface area contributed by atoms with E-state index in [1.165, 1.54) is 17.4 Å². The summed E-state index contributed by atoms with van der Waals surface area (Å²) >= 11 is 1.38. The van der Waals surface area contributed by atoms with Crippen LogP contribution in [-0.2, 0) is 6.42 Å². The van der Waals surface area contributed by atoms with Crippen LogP contribution < -0.4 is 0 Å². The van der Waals surface area contributed by atoms with Crippen LogP contribution in [0.1, 0.15) is 15.9 Å². The molecule has 16 heavy (non-hydrogen) atoms. The van der Waals surface area contributed by atoms with Crippen LogP contribution in [0.4, 0.5) is 8.78 Å². The van der Waals surface area contributed by atoms with Gasteiger partial charge in [-0.2, -0.15) is 11.3 Å². The molecule has 0 aliphatic carbocycles. The summed E-state index contributed by atoms with van der Waals surface area (Å²) < 4.78 is 26.5. The van der Waals surface area contributed by atoms with Gasteiger partial charge in [0.25, 0.3) is 0 Å². The first-order valence-electron chi connectivity index (χ1n) is 4.67. The van der Waals surface area contributed by atoms with E-state index in [4.69, 9.17) is 0 Å². The van der Waals surface area contributed by atoms with E-state index in [1.54, 1.807) is 16.8 Å². The lowest BCUT2D eigenvalue weighted by atomic mass is 10.0. The van der Waals surface area contributed by atoms with Crippen molar-refractivity contribution in [2.24, 2.45) is 0 Å². The highest BCUT2D eigenvalue weighted by Crippen LogP contribution is 2.16. The molecule has 1 aromatic carbocycles. The third-order valence-electron chi connectivity index (χ3n) is 2.24. The molecule has 0 aliphatic rings. The van der Waals surface area contributed by atoms with Gasteiger partial charge >= 0.3 is 0 Å². The smallest absolute Gasteiger partial charge is 0.168 e. The average molecular weight is 238 g/mol. The molecule has 1 nitrogen and oxygen atoms in total. The molecule has 0 bridgehead atoms. The Kier molecular flexibility index (Phi) is 3.10. The molecule has 0 saturated heterocycles. The second kappa shape index (κ2) is 4.53. The van der Waals surface area contributed by atoms with Crippen molar-refractivity contribution in [3.63, 3.8) is 0 Å². The van der Waals surface area contributed by atoms with Gasteiger partial charge < -0.3 is 0 Å². The maximum Gasteiger partial charge on any atom is 0.168 e. The molecular formula is C12H8F2OS. The molecule has 0 aliphatic heterocycles. The number of carbonyl (C=O) groups is 1. The van der Waals surface area contributed by atoms with E-state index in [0.29, 0.717) is 5.56 Å². The van der Waals surface area contributed by atoms with E-state index in [-0.39, 0.29) is 17.8 Å². The largest absolute Gasteiger partial charge is 0.294 e. The highest BCUT2D eigenvalue weighted by atomic mass is 32.1. The van der Waals surface area contributed by atoms with Gasteiger partial charge in [0, 0.05) is 22.9 Å². The van der Waals surface area contributed by atoms with Gasteiger partial charge in [-0.3, -0.25) is 4.79 Å². The predicted molar refractivity (Wildman–Crippen MR) is 58.7 cm³/mol. The van der Waals surface area contributed by atoms with Crippen molar-refractivity contribution in [1.82, 2.24) is 0 Å². The van der Waals surface area contributed by atoms with Crippen LogP contribution in [0.15, 0.2) is 35.0 Å². The number of hydrogen-bond donors (Lipinski definition) is 0. The number of ketones is 1. The van der Waals surface area contributed by atoms with Crippen LogP contribution in [0.25, 0.3) is 0 Å². The quantitative estimate of drug-likeness (QED) is 0.748. The Morgan fingerprint density at radius 2 is 1.88 bits per heavy atom. The van der Waals surface area contributed by atoms with Gasteiger partial charge in [-0.25, -0.2) is 8.78 Å². The summed E-state index contributed by atoms with van der Waals surface area (Å²) in [6.45, 7) is 0. The van der Waals surface area contributed by atoms with E-state index in [0.717, 1.165) is 12.1 Å². The van der Waals surface area contributed by atoms with E-state index in [1.807, 2.05) is 0 Å². The van der Waals surface area contributed by atoms with Gasteiger partial charge in [0.2, 0.25) is 0 Å². The minimum atomic E-state index is -0.677. The monoisotopic (exact) mass is 238 g/mol. The van der Waals surface area contributed by atoms with Gasteiger partial charge in [0.1, 0.15) is 11.6 Å². The molecule has 4 heteroatoms. The lowest BCUT2D eigenvalue weighted by Crippen LogP contribution is -2.06. The molecule has 0 amide bonds. The summed E-state index contributed by atoms with van der Waals surface area (Å²) in [6, 6.07) is 5.23. The maximum atomic E-state index is 13.3. The fourth-order valence-electron chi connectivity index (χ4n) is 1.39. The second-order valence-electron chi connectivity index (χ2n) is 3.31. The zero-order valence-electron chi connectivity index (χ0n) is 8.24. The van der Waals surface area contributed by atoms with Gasteiger partial charge in [0.15, 0.2) is 5.78 Å². The first kappa shape index (κ1) is 11.0. The molecule has 0 unspecified atom stereocenters. The molecule has 0 atom stereocenters. The number of rotatable bonds is 3. The van der Waals surface area contributed by atoms with Crippen LogP contribution in [0.5, 0.6) is 0 Å². The van der Waals surface area contributed by atoms with Gasteiger partial charge in [-0.15, -0.1) is 0 Å². The molecule has 0 saturated carbocycles. The lowest BCUT2D eigenvalue weighted by molar-refractivity contribution is 0.0991. The number of carbonyl (C=O) groups excluding carboxylic acids is 1. The summed E-state index contributed by atoms with van der Waals surface area (Å²) in [5.74, 6) is -1.63. The average Bonchev–Trinajstić information content (AvgIpc) is 2.76. The summed E-state index contributed by atoms with van der Waals surface area (Å²) in [7, 11) is 0. The summed E-state index contributed by atoms with van der Waals surface area (Å²) in [5, 5.41) is 3.42. The van der Waals surface area contributed by atoms with Crippen LogP contribution >= 0.6 is 11.3 Å². The maximum absolute atomic E-state index is 13.3. The standard InChI is InChI=1S/C12H8F2OS/c13-10-2-1-3-11(14)9(10)6-12(15)8-4-5-16-7-8/h1-5,7H,6H2. The molecule has 2 rings (SSSR count). The van der Waals surface area contributed by atoms with Crippen molar-refractivity contribution in [1.29, 1.82) is 0 Å². The number of benzene rings is 1. The predicted octanol–water partition coefficient (Wildman–Crippen LogP) is 3.45. The number of thiophene rings is 1. The Morgan fingerprint density at radius 1 is 1.19 bits per heavy atom. The highest BCUT2D eigenvalue weighted by molar-refractivity contribution is 7.08. The SMILES string of the molecule is O=C(Cc1c(F)cccc1F)c1ccsc1. The third-order valence-corrected chi connectivity index (χ3v) is 2.93. The van der Waals surface area contributed by atoms with Crippen molar-refractivity contribution in [3.8, 4) is 0 Å². The van der Waals surface area contributed by atoms with Crippen molar-refractivity contribution in [3.05, 3.63) is 57.8 Å². The Labute approximate surface area is 95.4 Å². The molecule has 0 radical (unpaired) electrons. The fourth-order valence-corrected chi connectivity index (χ4v) is 2.05. The number of Topliss-reactive ketones (excluding diaryl/α,β-unsaturated/α-hetero) is 1. The number of hydrogen-bond acceptors (Lipinski definition) is 2. The molecule has 2 aromatic rings. The first-order chi connectivity index (χ1) is 7.68. The van der Waals surface area contributed by atoms with Crippen molar-refractivity contribution in [2.45, 2.75) is 6.42 Å². The van der Waals surface area contributed by atoms with Crippen molar-refractivity contribution in [2.75, 3.05) is 0 Å². The fraction of sp³-hybridized carbons (Fsp3) is 0.0833. The van der Waals surface area contributed by atoms with E-state index in [9.17, 15) is 13.6 Å². The van der Waals surface area contributed by atoms with Crippen molar-refractivity contribution >= 4 is 17.1 Å². The van der Waals surface area contributed by atoms with Crippen LogP contribution in [0, 0.1) is 11.6 Å². The Morgan fingerprint density at radius 3 is 2.44 bits per heavy atom. The van der Waals surface area contributed by atoms with Gasteiger partial charge in [-0.05, 0) is 23.6 Å². The van der Waals surface area contributed by atoms with Gasteiger partial charge in [-0.1, -0.05) is 6.07 Å². The molecule has 0 spiro atoms. The zero-order chi connectivity index (χ0) is 11.5. The second-order valence-corrected chi connectivity index (χ2v) is 4.09. The molecule has 1 aromatic heterocycles. The van der Waals surface area contributed by atoms with Gasteiger partial charge in [0.05, 0.1) is 0 Å². The Hall–Kier alpha value is -1.55. The highest BCUT2D eigenvalue weighted by Gasteiger charge is 2.14. The Balaban J connectivity index is 2.25. The van der Waals surface area contributed by atoms with E-state index >= 15 is 0 Å². The summed E-state index contributed by atoms with van der Waals surface area (Å²) in [4.78, 5) is 11.7. The van der Waals surface area contributed by atoms with Crippen molar-refractivity contribution < 1.29 is 13.6 Å². The minimum Gasteiger partial charge on any atom is -0.294 e. The van der Waals surface area contributed by atoms with E-state index < -0.39 is 11.6 Å². The topological polar surface area (TPSA) is 17.1 Å². The zero-order valence-corrected chi connectivity index (χ0v) is 9.06. The molecule has 1 heterocycles. The molecule has 0 fully saturated rings. The minimum absolute atomic E-state index is 0.168. The lowest BCUT2D eigenvalue weighted by Gasteiger charge is -2.02. The van der Waals surface area contributed by atoms with Crippen LogP contribution in [0.2, 0.25) is 0 Å². The molecule has 82 valence electrons. The van der Waals surface area contributed by atoms with Crippen LogP contribution in [-0.4, -0.2) is 5.78 Å².